The van der Waals surface area contributed by atoms with Crippen LogP contribution in [0.25, 0.3) is 5.70 Å². The Balaban J connectivity index is 2.45. The predicted octanol–water partition coefficient (Wildman–Crippen LogP) is 0.627. The number of amidine groups is 1. The van der Waals surface area contributed by atoms with Crippen LogP contribution in [0, 0.1) is 5.82 Å². The van der Waals surface area contributed by atoms with Crippen LogP contribution in [-0.2, 0) is 0 Å². The Hall–Kier alpha value is -2.51. The quantitative estimate of drug-likeness (QED) is 0.458. The van der Waals surface area contributed by atoms with E-state index in [1.54, 1.807) is 24.3 Å². The summed E-state index contributed by atoms with van der Waals surface area (Å²) in [5.74, 6) is 4.94. The summed E-state index contributed by atoms with van der Waals surface area (Å²) in [6.07, 6.45) is 0. The SMILES string of the molecule is NN=C1CN(O)C(c2ccccc2F)=c2nc(Cl)ccc2=N1. The van der Waals surface area contributed by atoms with Crippen LogP contribution in [0.3, 0.4) is 0 Å². The first kappa shape index (κ1) is 14.4. The lowest BCUT2D eigenvalue weighted by Crippen LogP contribution is -2.35. The molecule has 0 saturated carbocycles. The molecule has 3 rings (SSSR count). The third kappa shape index (κ3) is 2.51. The van der Waals surface area contributed by atoms with Crippen LogP contribution in [-0.4, -0.2) is 27.6 Å². The molecule has 0 radical (unpaired) electrons. The maximum Gasteiger partial charge on any atom is 0.170 e. The molecule has 22 heavy (non-hydrogen) atoms. The average Bonchev–Trinajstić information content (AvgIpc) is 2.64. The van der Waals surface area contributed by atoms with Crippen molar-refractivity contribution >= 4 is 23.1 Å². The smallest absolute Gasteiger partial charge is 0.170 e. The molecular weight excluding hydrogens is 309 g/mol. The molecule has 1 aliphatic heterocycles. The number of fused-ring (bicyclic) bond motifs is 1. The number of aromatic nitrogens is 1. The zero-order chi connectivity index (χ0) is 15.7. The second-order valence-corrected chi connectivity index (χ2v) is 4.93. The number of benzene rings is 1. The van der Waals surface area contributed by atoms with E-state index in [-0.39, 0.29) is 34.1 Å². The van der Waals surface area contributed by atoms with Gasteiger partial charge in [0.2, 0.25) is 0 Å². The second kappa shape index (κ2) is 5.70. The van der Waals surface area contributed by atoms with Gasteiger partial charge >= 0.3 is 0 Å². The number of nitrogens with two attached hydrogens (primary N) is 1. The van der Waals surface area contributed by atoms with Gasteiger partial charge in [0, 0.05) is 5.56 Å². The molecule has 0 fully saturated rings. The van der Waals surface area contributed by atoms with Crippen LogP contribution in [0.4, 0.5) is 4.39 Å². The molecule has 2 heterocycles. The number of hydrogen-bond donors (Lipinski definition) is 2. The number of halogens is 2. The molecule has 1 aromatic carbocycles. The topological polar surface area (TPSA) is 87.1 Å². The van der Waals surface area contributed by atoms with Crippen LogP contribution in [0.1, 0.15) is 5.56 Å². The Morgan fingerprint density at radius 2 is 2.05 bits per heavy atom. The van der Waals surface area contributed by atoms with Gasteiger partial charge in [-0.15, -0.1) is 0 Å². The highest BCUT2D eigenvalue weighted by Gasteiger charge is 2.20. The summed E-state index contributed by atoms with van der Waals surface area (Å²) in [5, 5.41) is 15.5. The highest BCUT2D eigenvalue weighted by molar-refractivity contribution is 6.29. The van der Waals surface area contributed by atoms with Crippen molar-refractivity contribution < 1.29 is 9.60 Å². The Labute approximate surface area is 129 Å². The van der Waals surface area contributed by atoms with Crippen molar-refractivity contribution in [1.82, 2.24) is 10.0 Å². The van der Waals surface area contributed by atoms with Gasteiger partial charge < -0.3 is 5.84 Å². The fraction of sp³-hybridized carbons (Fsp3) is 0.0714. The van der Waals surface area contributed by atoms with E-state index in [0.29, 0.717) is 5.36 Å². The minimum Gasteiger partial charge on any atom is -0.321 e. The van der Waals surface area contributed by atoms with Crippen LogP contribution in [0.15, 0.2) is 46.5 Å². The number of nitrogens with zero attached hydrogens (tertiary/aromatic N) is 4. The molecule has 6 nitrogen and oxygen atoms in total. The second-order valence-electron chi connectivity index (χ2n) is 4.54. The van der Waals surface area contributed by atoms with Gasteiger partial charge in [-0.25, -0.2) is 19.4 Å². The Morgan fingerprint density at radius 3 is 2.77 bits per heavy atom. The maximum absolute atomic E-state index is 14.1. The van der Waals surface area contributed by atoms with Crippen LogP contribution >= 0.6 is 11.6 Å². The van der Waals surface area contributed by atoms with Crippen LogP contribution < -0.4 is 16.5 Å². The van der Waals surface area contributed by atoms with E-state index < -0.39 is 5.82 Å². The summed E-state index contributed by atoms with van der Waals surface area (Å²) < 4.78 is 14.1. The first-order valence-electron chi connectivity index (χ1n) is 6.34. The fourth-order valence-electron chi connectivity index (χ4n) is 2.19. The number of hydrogen-bond acceptors (Lipinski definition) is 5. The van der Waals surface area contributed by atoms with Gasteiger partial charge in [-0.2, -0.15) is 5.10 Å². The van der Waals surface area contributed by atoms with Gasteiger partial charge in [-0.1, -0.05) is 23.7 Å². The maximum atomic E-state index is 14.1. The molecule has 112 valence electrons. The number of rotatable bonds is 1. The van der Waals surface area contributed by atoms with Gasteiger partial charge in [0.25, 0.3) is 0 Å². The molecule has 1 aliphatic rings. The third-order valence-corrected chi connectivity index (χ3v) is 3.35. The number of hydroxylamine groups is 2. The summed E-state index contributed by atoms with van der Waals surface area (Å²) in [6, 6.07) is 9.19. The Bertz CT molecular complexity index is 883. The monoisotopic (exact) mass is 319 g/mol. The highest BCUT2D eigenvalue weighted by Crippen LogP contribution is 2.18. The molecule has 0 bridgehead atoms. The van der Waals surface area contributed by atoms with E-state index in [1.165, 1.54) is 12.1 Å². The molecule has 1 aromatic heterocycles. The summed E-state index contributed by atoms with van der Waals surface area (Å²) >= 11 is 5.93. The highest BCUT2D eigenvalue weighted by atomic mass is 35.5. The summed E-state index contributed by atoms with van der Waals surface area (Å²) in [6.45, 7) is -0.103. The van der Waals surface area contributed by atoms with E-state index in [4.69, 9.17) is 17.4 Å². The third-order valence-electron chi connectivity index (χ3n) is 3.14. The van der Waals surface area contributed by atoms with Crippen LogP contribution in [0.2, 0.25) is 5.15 Å². The van der Waals surface area contributed by atoms with E-state index in [0.717, 1.165) is 5.06 Å². The molecule has 0 saturated heterocycles. The summed E-state index contributed by atoms with van der Waals surface area (Å²) in [7, 11) is 0. The zero-order valence-electron chi connectivity index (χ0n) is 11.2. The molecule has 0 spiro atoms. The van der Waals surface area contributed by atoms with E-state index >= 15 is 0 Å². The summed E-state index contributed by atoms with van der Waals surface area (Å²) in [4.78, 5) is 8.38. The molecule has 3 N–H and O–H groups in total. The number of hydrazone groups is 1. The van der Waals surface area contributed by atoms with Crippen LogP contribution in [0.5, 0.6) is 0 Å². The summed E-state index contributed by atoms with van der Waals surface area (Å²) in [5.41, 5.74) is 0.326. The van der Waals surface area contributed by atoms with Gasteiger partial charge in [-0.3, -0.25) is 5.21 Å². The largest absolute Gasteiger partial charge is 0.321 e. The van der Waals surface area contributed by atoms with Gasteiger partial charge in [0.05, 0.1) is 5.36 Å². The normalized spacial score (nSPS) is 16.2. The van der Waals surface area contributed by atoms with Crippen molar-refractivity contribution in [1.29, 1.82) is 0 Å². The van der Waals surface area contributed by atoms with Crippen molar-refractivity contribution in [3.63, 3.8) is 0 Å². The minimum atomic E-state index is -0.502. The predicted molar refractivity (Wildman–Crippen MR) is 79.1 cm³/mol. The van der Waals surface area contributed by atoms with Gasteiger partial charge in [0.15, 0.2) is 5.84 Å². The molecular formula is C14H11ClFN5O. The van der Waals surface area contributed by atoms with E-state index in [9.17, 15) is 9.60 Å². The van der Waals surface area contributed by atoms with Crippen molar-refractivity contribution in [2.45, 2.75) is 0 Å². The first-order chi connectivity index (χ1) is 10.6. The Kier molecular flexibility index (Phi) is 3.74. The van der Waals surface area contributed by atoms with Crippen molar-refractivity contribution in [2.75, 3.05) is 6.54 Å². The average molecular weight is 320 g/mol. The van der Waals surface area contributed by atoms with Gasteiger partial charge in [0.1, 0.15) is 28.6 Å². The fourth-order valence-corrected chi connectivity index (χ4v) is 2.34. The van der Waals surface area contributed by atoms with E-state index in [2.05, 4.69) is 15.1 Å². The Morgan fingerprint density at radius 1 is 1.27 bits per heavy atom. The minimum absolute atomic E-state index is 0.103. The zero-order valence-corrected chi connectivity index (χ0v) is 12.0. The molecule has 2 aromatic rings. The number of pyridine rings is 1. The van der Waals surface area contributed by atoms with Crippen molar-refractivity contribution in [3.05, 3.63) is 63.6 Å². The van der Waals surface area contributed by atoms with Crippen molar-refractivity contribution in [2.24, 2.45) is 15.9 Å². The van der Waals surface area contributed by atoms with Gasteiger partial charge in [-0.05, 0) is 24.3 Å². The molecule has 0 aliphatic carbocycles. The van der Waals surface area contributed by atoms with E-state index in [1.807, 2.05) is 0 Å². The lowest BCUT2D eigenvalue weighted by Gasteiger charge is -2.18. The standard InChI is InChI=1S/C14H11ClFN5O/c15-11-6-5-10-13(19-11)14(8-3-1-2-4-9(8)16)21(22)7-12(18-10)20-17/h1-6,22H,7,17H2. The lowest BCUT2D eigenvalue weighted by atomic mass is 10.1. The van der Waals surface area contributed by atoms with Crippen molar-refractivity contribution in [3.8, 4) is 0 Å². The lowest BCUT2D eigenvalue weighted by molar-refractivity contribution is -0.0125. The first-order valence-corrected chi connectivity index (χ1v) is 6.71. The molecule has 8 heteroatoms. The molecule has 0 atom stereocenters. The molecule has 0 unspecified atom stereocenters. The molecule has 0 amide bonds.